The Bertz CT molecular complexity index is 853. The summed E-state index contributed by atoms with van der Waals surface area (Å²) >= 11 is 5.86. The van der Waals surface area contributed by atoms with Crippen molar-refractivity contribution in [3.8, 4) is 5.75 Å². The first kappa shape index (κ1) is 15.4. The highest BCUT2D eigenvalue weighted by Gasteiger charge is 2.13. The van der Waals surface area contributed by atoms with Crippen molar-refractivity contribution in [2.45, 2.75) is 6.54 Å². The van der Waals surface area contributed by atoms with E-state index in [1.165, 1.54) is 0 Å². The lowest BCUT2D eigenvalue weighted by molar-refractivity contribution is 0.0943. The number of nitrogens with zero attached hydrogens (tertiary/aromatic N) is 1. The van der Waals surface area contributed by atoms with Crippen molar-refractivity contribution in [1.82, 2.24) is 9.88 Å². The molecule has 1 aromatic heterocycles. The van der Waals surface area contributed by atoms with Gasteiger partial charge in [-0.2, -0.15) is 0 Å². The van der Waals surface area contributed by atoms with Gasteiger partial charge in [-0.15, -0.1) is 0 Å². The maximum absolute atomic E-state index is 12.4. The van der Waals surface area contributed by atoms with Gasteiger partial charge in [0.1, 0.15) is 11.4 Å². The molecule has 118 valence electrons. The third-order valence-corrected chi connectivity index (χ3v) is 4.10. The maximum atomic E-state index is 12.4. The molecule has 3 rings (SSSR count). The summed E-state index contributed by atoms with van der Waals surface area (Å²) < 4.78 is 7.11. The maximum Gasteiger partial charge on any atom is 0.268 e. The largest absolute Gasteiger partial charge is 0.497 e. The molecule has 0 radical (unpaired) electrons. The number of benzene rings is 2. The number of amides is 1. The molecular weight excluding hydrogens is 312 g/mol. The Morgan fingerprint density at radius 3 is 2.61 bits per heavy atom. The van der Waals surface area contributed by atoms with Gasteiger partial charge < -0.3 is 14.6 Å². The van der Waals surface area contributed by atoms with E-state index in [1.807, 2.05) is 60.1 Å². The smallest absolute Gasteiger partial charge is 0.268 e. The molecule has 4 nitrogen and oxygen atoms in total. The number of carbonyl (C=O) groups excluding carboxylic acids is 1. The quantitative estimate of drug-likeness (QED) is 0.792. The zero-order chi connectivity index (χ0) is 16.4. The van der Waals surface area contributed by atoms with Crippen LogP contribution in [0.1, 0.15) is 16.1 Å². The SMILES string of the molecule is COc1ccc2c(c1)cc(C(=O)NCc1ccc(Cl)cc1)n2C. The van der Waals surface area contributed by atoms with Gasteiger partial charge in [0.05, 0.1) is 7.11 Å². The molecule has 0 spiro atoms. The summed E-state index contributed by atoms with van der Waals surface area (Å²) in [5.41, 5.74) is 2.60. The second-order valence-electron chi connectivity index (χ2n) is 5.32. The molecule has 1 amide bonds. The first-order valence-corrected chi connectivity index (χ1v) is 7.62. The molecule has 0 atom stereocenters. The summed E-state index contributed by atoms with van der Waals surface area (Å²) in [4.78, 5) is 12.4. The van der Waals surface area contributed by atoms with Crippen molar-refractivity contribution < 1.29 is 9.53 Å². The van der Waals surface area contributed by atoms with E-state index >= 15 is 0 Å². The lowest BCUT2D eigenvalue weighted by Gasteiger charge is -2.07. The molecule has 0 aliphatic heterocycles. The third kappa shape index (κ3) is 3.17. The molecule has 1 heterocycles. The highest BCUT2D eigenvalue weighted by atomic mass is 35.5. The van der Waals surface area contributed by atoms with Crippen molar-refractivity contribution in [2.75, 3.05) is 7.11 Å². The van der Waals surface area contributed by atoms with Crippen molar-refractivity contribution >= 4 is 28.4 Å². The Kier molecular flexibility index (Phi) is 4.26. The number of hydrogen-bond donors (Lipinski definition) is 1. The van der Waals surface area contributed by atoms with Gasteiger partial charge in [-0.1, -0.05) is 23.7 Å². The van der Waals surface area contributed by atoms with E-state index in [1.54, 1.807) is 7.11 Å². The Balaban J connectivity index is 1.80. The summed E-state index contributed by atoms with van der Waals surface area (Å²) in [6.45, 7) is 0.459. The van der Waals surface area contributed by atoms with E-state index in [-0.39, 0.29) is 5.91 Å². The van der Waals surface area contributed by atoms with Gasteiger partial charge in [-0.3, -0.25) is 4.79 Å². The minimum atomic E-state index is -0.113. The van der Waals surface area contributed by atoms with Crippen LogP contribution in [-0.4, -0.2) is 17.6 Å². The van der Waals surface area contributed by atoms with E-state index in [0.29, 0.717) is 17.3 Å². The molecule has 0 saturated carbocycles. The third-order valence-electron chi connectivity index (χ3n) is 3.85. The number of ether oxygens (including phenoxy) is 1. The van der Waals surface area contributed by atoms with Crippen LogP contribution in [0, 0.1) is 0 Å². The number of methoxy groups -OCH3 is 1. The topological polar surface area (TPSA) is 43.3 Å². The highest BCUT2D eigenvalue weighted by molar-refractivity contribution is 6.30. The van der Waals surface area contributed by atoms with Crippen LogP contribution in [0.4, 0.5) is 0 Å². The summed E-state index contributed by atoms with van der Waals surface area (Å²) in [5, 5.41) is 4.59. The van der Waals surface area contributed by atoms with Gasteiger partial charge in [0.2, 0.25) is 0 Å². The fourth-order valence-electron chi connectivity index (χ4n) is 2.55. The average Bonchev–Trinajstić information content (AvgIpc) is 2.90. The van der Waals surface area contributed by atoms with Gasteiger partial charge in [-0.25, -0.2) is 0 Å². The zero-order valence-electron chi connectivity index (χ0n) is 13.0. The van der Waals surface area contributed by atoms with Crippen molar-refractivity contribution in [2.24, 2.45) is 7.05 Å². The Labute approximate surface area is 139 Å². The van der Waals surface area contributed by atoms with Gasteiger partial charge in [-0.05, 0) is 42.0 Å². The van der Waals surface area contributed by atoms with Crippen LogP contribution in [-0.2, 0) is 13.6 Å². The predicted octanol–water partition coefficient (Wildman–Crippen LogP) is 3.77. The molecule has 0 aliphatic carbocycles. The van der Waals surface area contributed by atoms with Crippen LogP contribution < -0.4 is 10.1 Å². The monoisotopic (exact) mass is 328 g/mol. The van der Waals surface area contributed by atoms with E-state index in [2.05, 4.69) is 5.32 Å². The van der Waals surface area contributed by atoms with Gasteiger partial charge in [0.25, 0.3) is 5.91 Å². The number of aryl methyl sites for hydroxylation is 1. The summed E-state index contributed by atoms with van der Waals surface area (Å²) in [6.07, 6.45) is 0. The molecule has 0 fully saturated rings. The van der Waals surface area contributed by atoms with Crippen molar-refractivity contribution in [1.29, 1.82) is 0 Å². The predicted molar refractivity (Wildman–Crippen MR) is 92.1 cm³/mol. The molecule has 0 unspecified atom stereocenters. The second kappa shape index (κ2) is 6.34. The van der Waals surface area contributed by atoms with Crippen LogP contribution >= 0.6 is 11.6 Å². The van der Waals surface area contributed by atoms with Gasteiger partial charge >= 0.3 is 0 Å². The molecule has 23 heavy (non-hydrogen) atoms. The van der Waals surface area contributed by atoms with Crippen LogP contribution in [0.3, 0.4) is 0 Å². The summed E-state index contributed by atoms with van der Waals surface area (Å²) in [5.74, 6) is 0.661. The molecule has 0 saturated heterocycles. The molecule has 2 aromatic carbocycles. The lowest BCUT2D eigenvalue weighted by Crippen LogP contribution is -2.24. The summed E-state index contributed by atoms with van der Waals surface area (Å²) in [6, 6.07) is 15.0. The fourth-order valence-corrected chi connectivity index (χ4v) is 2.67. The number of aromatic nitrogens is 1. The van der Waals surface area contributed by atoms with E-state index in [0.717, 1.165) is 22.2 Å². The van der Waals surface area contributed by atoms with Gasteiger partial charge in [0, 0.05) is 29.5 Å². The first-order chi connectivity index (χ1) is 11.1. The molecule has 1 N–H and O–H groups in total. The number of nitrogens with one attached hydrogen (secondary N) is 1. The Morgan fingerprint density at radius 1 is 1.17 bits per heavy atom. The molecule has 0 bridgehead atoms. The number of rotatable bonds is 4. The van der Waals surface area contributed by atoms with Crippen LogP contribution in [0.2, 0.25) is 5.02 Å². The van der Waals surface area contributed by atoms with E-state index in [4.69, 9.17) is 16.3 Å². The van der Waals surface area contributed by atoms with Gasteiger partial charge in [0.15, 0.2) is 0 Å². The lowest BCUT2D eigenvalue weighted by atomic mass is 10.2. The normalized spacial score (nSPS) is 10.7. The van der Waals surface area contributed by atoms with Crippen LogP contribution in [0.25, 0.3) is 10.9 Å². The second-order valence-corrected chi connectivity index (χ2v) is 5.76. The minimum Gasteiger partial charge on any atom is -0.497 e. The van der Waals surface area contributed by atoms with Crippen LogP contribution in [0.5, 0.6) is 5.75 Å². The Hall–Kier alpha value is -2.46. The van der Waals surface area contributed by atoms with E-state index in [9.17, 15) is 4.79 Å². The fraction of sp³-hybridized carbons (Fsp3) is 0.167. The molecule has 5 heteroatoms. The number of hydrogen-bond acceptors (Lipinski definition) is 2. The molecule has 3 aromatic rings. The summed E-state index contributed by atoms with van der Waals surface area (Å²) in [7, 11) is 3.51. The van der Waals surface area contributed by atoms with E-state index < -0.39 is 0 Å². The highest BCUT2D eigenvalue weighted by Crippen LogP contribution is 2.23. The molecular formula is C18H17ClN2O2. The minimum absolute atomic E-state index is 0.113. The van der Waals surface area contributed by atoms with Crippen molar-refractivity contribution in [3.63, 3.8) is 0 Å². The number of halogens is 1. The Morgan fingerprint density at radius 2 is 1.91 bits per heavy atom. The average molecular weight is 329 g/mol. The molecule has 0 aliphatic rings. The first-order valence-electron chi connectivity index (χ1n) is 7.24. The number of fused-ring (bicyclic) bond motifs is 1. The number of carbonyl (C=O) groups is 1. The zero-order valence-corrected chi connectivity index (χ0v) is 13.7. The van der Waals surface area contributed by atoms with Crippen molar-refractivity contribution in [3.05, 3.63) is 64.8 Å². The van der Waals surface area contributed by atoms with Crippen LogP contribution in [0.15, 0.2) is 48.5 Å². The standard InChI is InChI=1S/C18H17ClN2O2/c1-21-16-8-7-15(23-2)9-13(16)10-17(21)18(22)20-11-12-3-5-14(19)6-4-12/h3-10H,11H2,1-2H3,(H,20,22).